The van der Waals surface area contributed by atoms with Crippen LogP contribution in [0.4, 0.5) is 5.69 Å². The maximum atomic E-state index is 13.6. The van der Waals surface area contributed by atoms with Crippen molar-refractivity contribution in [3.8, 4) is 0 Å². The van der Waals surface area contributed by atoms with Gasteiger partial charge in [-0.15, -0.1) is 0 Å². The summed E-state index contributed by atoms with van der Waals surface area (Å²) in [5.74, 6) is -0.0887. The summed E-state index contributed by atoms with van der Waals surface area (Å²) < 4.78 is 5.20. The molecule has 1 heterocycles. The molecule has 1 aliphatic heterocycles. The second kappa shape index (κ2) is 14.5. The van der Waals surface area contributed by atoms with Crippen LogP contribution in [0.1, 0.15) is 29.5 Å². The van der Waals surface area contributed by atoms with Gasteiger partial charge in [0.25, 0.3) is 5.91 Å². The zero-order chi connectivity index (χ0) is 27.6. The van der Waals surface area contributed by atoms with Crippen LogP contribution in [0.15, 0.2) is 72.8 Å². The maximum absolute atomic E-state index is 13.6. The van der Waals surface area contributed by atoms with Gasteiger partial charge >= 0.3 is 0 Å². The molecular formula is C31H35Cl2N3O3. The number of para-hydroxylation sites is 1. The predicted octanol–water partition coefficient (Wildman–Crippen LogP) is 5.84. The van der Waals surface area contributed by atoms with Gasteiger partial charge in [-0.1, -0.05) is 71.7 Å². The van der Waals surface area contributed by atoms with E-state index in [9.17, 15) is 9.59 Å². The summed E-state index contributed by atoms with van der Waals surface area (Å²) >= 11 is 12.5. The minimum atomic E-state index is -0.0970. The maximum Gasteiger partial charge on any atom is 0.252 e. The zero-order valence-electron chi connectivity index (χ0n) is 22.3. The van der Waals surface area contributed by atoms with E-state index in [2.05, 4.69) is 4.90 Å². The second-order valence-electron chi connectivity index (χ2n) is 9.80. The molecule has 3 aromatic rings. The van der Waals surface area contributed by atoms with Crippen molar-refractivity contribution in [1.29, 1.82) is 0 Å². The van der Waals surface area contributed by atoms with E-state index in [4.69, 9.17) is 27.9 Å². The van der Waals surface area contributed by atoms with Gasteiger partial charge in [0.2, 0.25) is 5.91 Å². The first-order valence-corrected chi connectivity index (χ1v) is 14.1. The molecule has 3 aromatic carbocycles. The minimum absolute atomic E-state index is 0.00201. The molecule has 0 saturated heterocycles. The normalized spacial score (nSPS) is 15.3. The number of anilines is 1. The average Bonchev–Trinajstić information content (AvgIpc) is 2.92. The van der Waals surface area contributed by atoms with Crippen LogP contribution in [0.3, 0.4) is 0 Å². The highest BCUT2D eigenvalue weighted by atomic mass is 35.5. The number of rotatable bonds is 6. The fourth-order valence-corrected chi connectivity index (χ4v) is 5.29. The summed E-state index contributed by atoms with van der Waals surface area (Å²) in [6.07, 6.45) is 1.87. The molecule has 8 heteroatoms. The van der Waals surface area contributed by atoms with Crippen LogP contribution in [0.25, 0.3) is 0 Å². The van der Waals surface area contributed by atoms with E-state index in [0.717, 1.165) is 49.3 Å². The number of ether oxygens (including phenoxy) is 1. The van der Waals surface area contributed by atoms with Crippen molar-refractivity contribution < 1.29 is 14.3 Å². The van der Waals surface area contributed by atoms with Crippen molar-refractivity contribution in [1.82, 2.24) is 9.80 Å². The summed E-state index contributed by atoms with van der Waals surface area (Å²) in [4.78, 5) is 32.8. The summed E-state index contributed by atoms with van der Waals surface area (Å²) in [5, 5.41) is 1.30. The highest BCUT2D eigenvalue weighted by Crippen LogP contribution is 2.25. The fourth-order valence-electron chi connectivity index (χ4n) is 4.96. The van der Waals surface area contributed by atoms with Gasteiger partial charge in [0.05, 0.1) is 6.42 Å². The average molecular weight is 569 g/mol. The third-order valence-corrected chi connectivity index (χ3v) is 7.56. The summed E-state index contributed by atoms with van der Waals surface area (Å²) in [6, 6.07) is 23.2. The first-order chi connectivity index (χ1) is 18.9. The minimum Gasteiger partial charge on any atom is -0.375 e. The Morgan fingerprint density at radius 3 is 2.26 bits per heavy atom. The van der Waals surface area contributed by atoms with E-state index < -0.39 is 0 Å². The van der Waals surface area contributed by atoms with E-state index >= 15 is 0 Å². The summed E-state index contributed by atoms with van der Waals surface area (Å²) in [6.45, 7) is 3.98. The topological polar surface area (TPSA) is 53.1 Å². The predicted molar refractivity (Wildman–Crippen MR) is 157 cm³/mol. The Labute approximate surface area is 241 Å². The number of carbonyl (C=O) groups is 2. The number of methoxy groups -OCH3 is 1. The zero-order valence-corrected chi connectivity index (χ0v) is 23.8. The van der Waals surface area contributed by atoms with E-state index in [0.29, 0.717) is 29.7 Å². The van der Waals surface area contributed by atoms with E-state index in [1.807, 2.05) is 77.7 Å². The second-order valence-corrected chi connectivity index (χ2v) is 10.6. The first-order valence-electron chi connectivity index (χ1n) is 13.3. The van der Waals surface area contributed by atoms with E-state index in [-0.39, 0.29) is 24.8 Å². The van der Waals surface area contributed by atoms with Gasteiger partial charge in [-0.05, 0) is 53.8 Å². The third-order valence-electron chi connectivity index (χ3n) is 6.94. The van der Waals surface area contributed by atoms with Crippen LogP contribution >= 0.6 is 23.2 Å². The Bertz CT molecular complexity index is 1250. The molecular weight excluding hydrogens is 533 g/mol. The molecule has 0 aliphatic carbocycles. The number of amides is 2. The van der Waals surface area contributed by atoms with Crippen molar-refractivity contribution in [2.24, 2.45) is 0 Å². The lowest BCUT2D eigenvalue weighted by molar-refractivity contribution is -0.131. The number of benzene rings is 3. The summed E-state index contributed by atoms with van der Waals surface area (Å²) in [7, 11) is 1.53. The first kappa shape index (κ1) is 29.1. The van der Waals surface area contributed by atoms with Gasteiger partial charge in [-0.25, -0.2) is 0 Å². The van der Waals surface area contributed by atoms with Crippen molar-refractivity contribution in [3.05, 3.63) is 99.5 Å². The van der Waals surface area contributed by atoms with E-state index in [1.165, 1.54) is 12.7 Å². The number of fused-ring (bicyclic) bond motifs is 1. The number of nitrogens with zero attached hydrogens (tertiary/aromatic N) is 3. The molecule has 0 atom stereocenters. The molecule has 0 spiro atoms. The number of hydrogen-bond donors (Lipinski definition) is 0. The third kappa shape index (κ3) is 8.29. The Morgan fingerprint density at radius 1 is 0.821 bits per heavy atom. The highest BCUT2D eigenvalue weighted by molar-refractivity contribution is 6.31. The lowest BCUT2D eigenvalue weighted by atomic mass is 10.1. The molecule has 2 amide bonds. The van der Waals surface area contributed by atoms with Gasteiger partial charge in [0, 0.05) is 62.1 Å². The molecule has 4 rings (SSSR count). The molecule has 0 N–H and O–H groups in total. The van der Waals surface area contributed by atoms with Crippen LogP contribution in [0, 0.1) is 0 Å². The molecule has 206 valence electrons. The van der Waals surface area contributed by atoms with Crippen molar-refractivity contribution in [2.45, 2.75) is 32.4 Å². The van der Waals surface area contributed by atoms with Crippen LogP contribution in [0.2, 0.25) is 10.0 Å². The largest absolute Gasteiger partial charge is 0.375 e. The number of hydrogen-bond acceptors (Lipinski definition) is 4. The molecule has 0 bridgehead atoms. The van der Waals surface area contributed by atoms with Gasteiger partial charge < -0.3 is 14.5 Å². The SMILES string of the molecule is COCC(=O)N1CCCN(Cc2ccc(Cl)cc2)CCCN(C(=O)Cc2ccccc2Cl)Cc2ccccc21. The number of carbonyl (C=O) groups excluding carboxylic acids is 2. The fraction of sp³-hybridized carbons (Fsp3) is 0.355. The van der Waals surface area contributed by atoms with Gasteiger partial charge in [0.15, 0.2) is 0 Å². The van der Waals surface area contributed by atoms with Gasteiger partial charge in [-0.2, -0.15) is 0 Å². The molecule has 0 radical (unpaired) electrons. The number of halogens is 2. The van der Waals surface area contributed by atoms with Gasteiger partial charge in [-0.3, -0.25) is 14.5 Å². The molecule has 6 nitrogen and oxygen atoms in total. The molecule has 39 heavy (non-hydrogen) atoms. The standard InChI is InChI=1S/C31H35Cl2N3O3/c1-39-23-31(38)36-19-7-17-34(21-24-12-14-27(32)15-13-24)16-6-18-35(22-26-9-3-5-11-29(26)36)30(37)20-25-8-2-4-10-28(25)33/h2-5,8-15H,6-7,16-23H2,1H3. The highest BCUT2D eigenvalue weighted by Gasteiger charge is 2.23. The molecule has 0 fully saturated rings. The molecule has 0 unspecified atom stereocenters. The van der Waals surface area contributed by atoms with Crippen molar-refractivity contribution >= 4 is 40.7 Å². The van der Waals surface area contributed by atoms with Gasteiger partial charge in [0.1, 0.15) is 6.61 Å². The van der Waals surface area contributed by atoms with E-state index in [1.54, 1.807) is 4.90 Å². The smallest absolute Gasteiger partial charge is 0.252 e. The Hall–Kier alpha value is -2.90. The molecule has 1 aliphatic rings. The van der Waals surface area contributed by atoms with Crippen LogP contribution in [-0.4, -0.2) is 61.5 Å². The van der Waals surface area contributed by atoms with Crippen LogP contribution in [0.5, 0.6) is 0 Å². The quantitative estimate of drug-likeness (QED) is 0.375. The molecule has 0 aromatic heterocycles. The van der Waals surface area contributed by atoms with Crippen LogP contribution in [-0.2, 0) is 33.8 Å². The Morgan fingerprint density at radius 2 is 1.51 bits per heavy atom. The lowest BCUT2D eigenvalue weighted by Crippen LogP contribution is -2.40. The lowest BCUT2D eigenvalue weighted by Gasteiger charge is -2.32. The summed E-state index contributed by atoms with van der Waals surface area (Å²) in [5.41, 5.74) is 3.74. The Balaban J connectivity index is 1.61. The van der Waals surface area contributed by atoms with Crippen molar-refractivity contribution in [3.63, 3.8) is 0 Å². The molecule has 0 saturated carbocycles. The Kier molecular flexibility index (Phi) is 10.8. The van der Waals surface area contributed by atoms with Crippen LogP contribution < -0.4 is 4.90 Å². The monoisotopic (exact) mass is 567 g/mol. The van der Waals surface area contributed by atoms with Crippen molar-refractivity contribution in [2.75, 3.05) is 44.8 Å².